The first-order valence-electron chi connectivity index (χ1n) is 5.73. The second-order valence-corrected chi connectivity index (χ2v) is 4.45. The summed E-state index contributed by atoms with van der Waals surface area (Å²) in [7, 11) is 0. The van der Waals surface area contributed by atoms with E-state index in [0.29, 0.717) is 28.3 Å². The van der Waals surface area contributed by atoms with Crippen molar-refractivity contribution < 1.29 is 9.53 Å². The summed E-state index contributed by atoms with van der Waals surface area (Å²) in [5.41, 5.74) is 7.20. The lowest BCUT2D eigenvalue weighted by Gasteiger charge is -2.16. The number of benzene rings is 1. The van der Waals surface area contributed by atoms with Crippen LogP contribution in [-0.2, 0) is 0 Å². The second-order valence-electron chi connectivity index (χ2n) is 4.04. The van der Waals surface area contributed by atoms with Crippen molar-refractivity contribution in [2.75, 3.05) is 5.73 Å². The Bertz CT molecular complexity index is 587. The second kappa shape index (κ2) is 5.71. The summed E-state index contributed by atoms with van der Waals surface area (Å²) in [5.74, 6) is 0.433. The van der Waals surface area contributed by atoms with Gasteiger partial charge < -0.3 is 10.5 Å². The van der Waals surface area contributed by atoms with E-state index in [1.807, 2.05) is 25.1 Å². The van der Waals surface area contributed by atoms with Gasteiger partial charge in [0, 0.05) is 23.5 Å². The number of aromatic nitrogens is 1. The number of anilines is 1. The highest BCUT2D eigenvalue weighted by Gasteiger charge is 2.12. The zero-order chi connectivity index (χ0) is 13.8. The number of ether oxygens (including phenoxy) is 1. The highest BCUT2D eigenvalue weighted by Crippen LogP contribution is 2.32. The molecule has 1 aromatic carbocycles. The predicted octanol–water partition coefficient (Wildman–Crippen LogP) is 3.27. The molecule has 0 aliphatic heterocycles. The molecule has 2 rings (SSSR count). The number of nitrogens with two attached hydrogens (primary N) is 1. The van der Waals surface area contributed by atoms with E-state index < -0.39 is 0 Å². The normalized spacial score (nSPS) is 11.9. The van der Waals surface area contributed by atoms with Gasteiger partial charge in [0.2, 0.25) is 0 Å². The Morgan fingerprint density at radius 2 is 2.21 bits per heavy atom. The lowest BCUT2D eigenvalue weighted by atomic mass is 10.2. The zero-order valence-corrected chi connectivity index (χ0v) is 11.1. The summed E-state index contributed by atoms with van der Waals surface area (Å²) in [6, 6.07) is 8.62. The van der Waals surface area contributed by atoms with E-state index in [1.165, 1.54) is 6.07 Å². The number of pyridine rings is 1. The van der Waals surface area contributed by atoms with Gasteiger partial charge in [-0.25, -0.2) is 0 Å². The van der Waals surface area contributed by atoms with Gasteiger partial charge in [-0.3, -0.25) is 9.78 Å². The van der Waals surface area contributed by atoms with Crippen molar-refractivity contribution in [2.45, 2.75) is 13.0 Å². The van der Waals surface area contributed by atoms with Gasteiger partial charge >= 0.3 is 0 Å². The Morgan fingerprint density at radius 1 is 1.42 bits per heavy atom. The summed E-state index contributed by atoms with van der Waals surface area (Å²) in [5, 5.41) is 0.346. The molecule has 1 heterocycles. The molecule has 0 saturated heterocycles. The molecule has 0 spiro atoms. The largest absolute Gasteiger partial charge is 0.483 e. The smallest absolute Gasteiger partial charge is 0.152 e. The average Bonchev–Trinajstić information content (AvgIpc) is 2.43. The summed E-state index contributed by atoms with van der Waals surface area (Å²) in [6.45, 7) is 1.86. The fraction of sp³-hybridized carbons (Fsp3) is 0.143. The lowest BCUT2D eigenvalue weighted by molar-refractivity contribution is 0.112. The molecule has 0 saturated carbocycles. The number of rotatable bonds is 4. The summed E-state index contributed by atoms with van der Waals surface area (Å²) in [4.78, 5) is 15.0. The molecule has 0 radical (unpaired) electrons. The number of hydrogen-bond acceptors (Lipinski definition) is 4. The molecule has 1 atom stereocenters. The van der Waals surface area contributed by atoms with Gasteiger partial charge in [-0.2, -0.15) is 0 Å². The first kappa shape index (κ1) is 13.4. The molecule has 19 heavy (non-hydrogen) atoms. The van der Waals surface area contributed by atoms with Crippen molar-refractivity contribution in [3.05, 3.63) is 52.8 Å². The number of nitrogens with zero attached hydrogens (tertiary/aromatic N) is 1. The van der Waals surface area contributed by atoms with Crippen LogP contribution in [-0.4, -0.2) is 11.3 Å². The van der Waals surface area contributed by atoms with E-state index in [2.05, 4.69) is 4.98 Å². The molecular weight excluding hydrogens is 264 g/mol. The molecule has 0 bridgehead atoms. The van der Waals surface area contributed by atoms with E-state index >= 15 is 0 Å². The molecule has 1 aromatic heterocycles. The maximum Gasteiger partial charge on any atom is 0.152 e. The first-order valence-corrected chi connectivity index (χ1v) is 6.11. The predicted molar refractivity (Wildman–Crippen MR) is 74.5 cm³/mol. The van der Waals surface area contributed by atoms with Gasteiger partial charge in [0.05, 0.1) is 10.7 Å². The first-order chi connectivity index (χ1) is 9.11. The van der Waals surface area contributed by atoms with Crippen LogP contribution in [0.25, 0.3) is 0 Å². The minimum atomic E-state index is -0.264. The maximum atomic E-state index is 10.7. The fourth-order valence-electron chi connectivity index (χ4n) is 1.64. The van der Waals surface area contributed by atoms with Crippen LogP contribution < -0.4 is 10.5 Å². The molecule has 5 heteroatoms. The van der Waals surface area contributed by atoms with E-state index in [9.17, 15) is 4.79 Å². The van der Waals surface area contributed by atoms with Crippen LogP contribution >= 0.6 is 11.6 Å². The molecule has 98 valence electrons. The SMILES string of the molecule is C[C@@H](Oc1cc(N)c(C=O)cc1Cl)c1ccccn1. The molecule has 4 nitrogen and oxygen atoms in total. The van der Waals surface area contributed by atoms with Gasteiger partial charge in [0.1, 0.15) is 11.9 Å². The Kier molecular flexibility index (Phi) is 4.02. The molecule has 0 unspecified atom stereocenters. The number of halogens is 1. The zero-order valence-electron chi connectivity index (χ0n) is 10.3. The minimum absolute atomic E-state index is 0.264. The van der Waals surface area contributed by atoms with Crippen molar-refractivity contribution >= 4 is 23.6 Å². The quantitative estimate of drug-likeness (QED) is 0.687. The number of carbonyl (C=O) groups is 1. The molecule has 2 aromatic rings. The van der Waals surface area contributed by atoms with Crippen LogP contribution in [0.2, 0.25) is 5.02 Å². The topological polar surface area (TPSA) is 65.2 Å². The van der Waals surface area contributed by atoms with Gasteiger partial charge in [-0.15, -0.1) is 0 Å². The van der Waals surface area contributed by atoms with Crippen molar-refractivity contribution in [1.29, 1.82) is 0 Å². The third kappa shape index (κ3) is 3.03. The van der Waals surface area contributed by atoms with Crippen molar-refractivity contribution in [3.63, 3.8) is 0 Å². The fourth-order valence-corrected chi connectivity index (χ4v) is 1.86. The number of aldehydes is 1. The summed E-state index contributed by atoms with van der Waals surface area (Å²) < 4.78 is 5.72. The molecule has 0 fully saturated rings. The minimum Gasteiger partial charge on any atom is -0.483 e. The van der Waals surface area contributed by atoms with Crippen LogP contribution in [0.15, 0.2) is 36.5 Å². The van der Waals surface area contributed by atoms with Crippen LogP contribution in [0.5, 0.6) is 5.75 Å². The number of nitrogen functional groups attached to an aromatic ring is 1. The van der Waals surface area contributed by atoms with Crippen LogP contribution in [0.3, 0.4) is 0 Å². The Labute approximate surface area is 116 Å². The molecule has 2 N–H and O–H groups in total. The maximum absolute atomic E-state index is 10.7. The van der Waals surface area contributed by atoms with Crippen LogP contribution in [0, 0.1) is 0 Å². The van der Waals surface area contributed by atoms with E-state index in [0.717, 1.165) is 5.69 Å². The Balaban J connectivity index is 2.24. The van der Waals surface area contributed by atoms with Crippen molar-refractivity contribution in [3.8, 4) is 5.75 Å². The van der Waals surface area contributed by atoms with Crippen molar-refractivity contribution in [1.82, 2.24) is 4.98 Å². The third-order valence-corrected chi connectivity index (χ3v) is 2.97. The Hall–Kier alpha value is -2.07. The lowest BCUT2D eigenvalue weighted by Crippen LogP contribution is -2.06. The van der Waals surface area contributed by atoms with Crippen LogP contribution in [0.4, 0.5) is 5.69 Å². The van der Waals surface area contributed by atoms with Gasteiger partial charge in [0.15, 0.2) is 6.29 Å². The molecule has 0 amide bonds. The number of carbonyl (C=O) groups excluding carboxylic acids is 1. The van der Waals surface area contributed by atoms with Gasteiger partial charge in [-0.1, -0.05) is 17.7 Å². The third-order valence-electron chi connectivity index (χ3n) is 2.67. The monoisotopic (exact) mass is 276 g/mol. The summed E-state index contributed by atoms with van der Waals surface area (Å²) in [6.07, 6.45) is 2.09. The number of hydrogen-bond donors (Lipinski definition) is 1. The highest BCUT2D eigenvalue weighted by atomic mass is 35.5. The molecular formula is C14H13ClN2O2. The molecule has 0 aliphatic carbocycles. The van der Waals surface area contributed by atoms with E-state index in [4.69, 9.17) is 22.1 Å². The van der Waals surface area contributed by atoms with E-state index in [1.54, 1.807) is 12.3 Å². The van der Waals surface area contributed by atoms with Gasteiger partial charge in [0.25, 0.3) is 0 Å². The Morgan fingerprint density at radius 3 is 2.84 bits per heavy atom. The van der Waals surface area contributed by atoms with Crippen molar-refractivity contribution in [2.24, 2.45) is 0 Å². The standard InChI is InChI=1S/C14H13ClN2O2/c1-9(13-4-2-3-5-17-13)19-14-7-12(16)10(8-18)6-11(14)15/h2-9H,16H2,1H3/t9-/m1/s1. The van der Waals surface area contributed by atoms with Crippen LogP contribution in [0.1, 0.15) is 29.1 Å². The summed E-state index contributed by atoms with van der Waals surface area (Å²) >= 11 is 6.05. The van der Waals surface area contributed by atoms with Gasteiger partial charge in [-0.05, 0) is 25.1 Å². The van der Waals surface area contributed by atoms with E-state index in [-0.39, 0.29) is 6.10 Å². The highest BCUT2D eigenvalue weighted by molar-refractivity contribution is 6.32. The average molecular weight is 277 g/mol. The molecule has 0 aliphatic rings.